The van der Waals surface area contributed by atoms with Crippen LogP contribution in [0.1, 0.15) is 170 Å². The second kappa shape index (κ2) is 18.3. The summed E-state index contributed by atoms with van der Waals surface area (Å²) in [5, 5.41) is 11.5. The van der Waals surface area contributed by atoms with Crippen LogP contribution in [-0.2, 0) is 9.53 Å². The smallest absolute Gasteiger partial charge is 0.306 e. The Hall–Kier alpha value is -1.09. The van der Waals surface area contributed by atoms with E-state index in [2.05, 4.69) is 60.6 Å². The maximum atomic E-state index is 12.3. The maximum Gasteiger partial charge on any atom is 0.306 e. The molecular weight excluding hydrogens is 468 g/mol. The van der Waals surface area contributed by atoms with Crippen LogP contribution in [0.3, 0.4) is 0 Å². The maximum absolute atomic E-state index is 12.3. The van der Waals surface area contributed by atoms with Gasteiger partial charge < -0.3 is 9.84 Å². The molecule has 0 aromatic carbocycles. The van der Waals surface area contributed by atoms with Crippen molar-refractivity contribution in [1.29, 1.82) is 0 Å². The molecule has 0 saturated carbocycles. The SMILES string of the molecule is CCCCCCCCCCCCCCCCCCOC(=O)CCC1=CCC(O)(C(C)(C)C)C(C(C)(C)C)=C1. The van der Waals surface area contributed by atoms with E-state index in [1.165, 1.54) is 89.9 Å². The average molecular weight is 533 g/mol. The second-order valence-corrected chi connectivity index (χ2v) is 13.9. The van der Waals surface area contributed by atoms with Gasteiger partial charge in [0.05, 0.1) is 12.2 Å². The Morgan fingerprint density at radius 2 is 1.24 bits per heavy atom. The zero-order chi connectivity index (χ0) is 28.5. The van der Waals surface area contributed by atoms with Gasteiger partial charge in [0.1, 0.15) is 0 Å². The quantitative estimate of drug-likeness (QED) is 0.125. The van der Waals surface area contributed by atoms with Crippen LogP contribution in [0.4, 0.5) is 0 Å². The van der Waals surface area contributed by atoms with Gasteiger partial charge in [-0.2, -0.15) is 0 Å². The highest BCUT2D eigenvalue weighted by Crippen LogP contribution is 2.49. The monoisotopic (exact) mass is 532 g/mol. The van der Waals surface area contributed by atoms with Gasteiger partial charge in [-0.3, -0.25) is 4.79 Å². The summed E-state index contributed by atoms with van der Waals surface area (Å²) in [6.07, 6.45) is 27.5. The summed E-state index contributed by atoms with van der Waals surface area (Å²) in [5.74, 6) is -0.103. The van der Waals surface area contributed by atoms with Crippen molar-refractivity contribution in [3.8, 4) is 0 Å². The van der Waals surface area contributed by atoms with E-state index in [-0.39, 0.29) is 16.8 Å². The third-order valence-corrected chi connectivity index (χ3v) is 8.36. The summed E-state index contributed by atoms with van der Waals surface area (Å²) in [5.41, 5.74) is 0.970. The first-order valence-corrected chi connectivity index (χ1v) is 16.2. The van der Waals surface area contributed by atoms with E-state index in [9.17, 15) is 9.90 Å². The van der Waals surface area contributed by atoms with Crippen LogP contribution in [0.15, 0.2) is 23.3 Å². The zero-order valence-electron chi connectivity index (χ0n) is 26.6. The fraction of sp³-hybridized carbons (Fsp3) is 0.857. The summed E-state index contributed by atoms with van der Waals surface area (Å²) < 4.78 is 5.51. The van der Waals surface area contributed by atoms with Gasteiger partial charge in [0.15, 0.2) is 0 Å². The molecule has 0 amide bonds. The lowest BCUT2D eigenvalue weighted by Gasteiger charge is -2.48. The standard InChI is InChI=1S/C35H64O3/c1-8-9-10-11-12-13-14-15-16-17-18-19-20-21-22-23-28-38-32(36)25-24-30-26-27-35(37,34(5,6)7)31(29-30)33(2,3)4/h26,29,37H,8-25,27-28H2,1-7H3. The minimum absolute atomic E-state index is 0.103. The molecule has 3 heteroatoms. The third-order valence-electron chi connectivity index (χ3n) is 8.36. The number of aliphatic hydroxyl groups is 1. The molecule has 0 bridgehead atoms. The molecule has 0 fully saturated rings. The van der Waals surface area contributed by atoms with Crippen LogP contribution >= 0.6 is 0 Å². The van der Waals surface area contributed by atoms with E-state index >= 15 is 0 Å². The summed E-state index contributed by atoms with van der Waals surface area (Å²) in [7, 11) is 0. The predicted molar refractivity (Wildman–Crippen MR) is 164 cm³/mol. The molecule has 3 nitrogen and oxygen atoms in total. The second-order valence-electron chi connectivity index (χ2n) is 13.9. The van der Waals surface area contributed by atoms with Crippen LogP contribution < -0.4 is 0 Å². The molecule has 0 aromatic rings. The van der Waals surface area contributed by atoms with Crippen LogP contribution in [-0.4, -0.2) is 23.3 Å². The Morgan fingerprint density at radius 1 is 0.789 bits per heavy atom. The normalized spacial score (nSPS) is 18.3. The number of rotatable bonds is 20. The highest BCUT2D eigenvalue weighted by molar-refractivity contribution is 5.69. The van der Waals surface area contributed by atoms with Crippen LogP contribution in [0.2, 0.25) is 0 Å². The minimum Gasteiger partial charge on any atom is -0.466 e. The summed E-state index contributed by atoms with van der Waals surface area (Å²) in [4.78, 5) is 12.3. The number of hydrogen-bond acceptors (Lipinski definition) is 3. The largest absolute Gasteiger partial charge is 0.466 e. The molecule has 0 radical (unpaired) electrons. The van der Waals surface area contributed by atoms with Crippen molar-refractivity contribution in [2.75, 3.05) is 6.61 Å². The van der Waals surface area contributed by atoms with Crippen LogP contribution in [0.25, 0.3) is 0 Å². The fourth-order valence-electron chi connectivity index (χ4n) is 5.63. The van der Waals surface area contributed by atoms with Gasteiger partial charge >= 0.3 is 5.97 Å². The first-order valence-electron chi connectivity index (χ1n) is 16.2. The number of carbonyl (C=O) groups is 1. The minimum atomic E-state index is -0.859. The Balaban J connectivity index is 2.08. The lowest BCUT2D eigenvalue weighted by molar-refractivity contribution is -0.143. The molecule has 222 valence electrons. The summed E-state index contributed by atoms with van der Waals surface area (Å²) >= 11 is 0. The highest BCUT2D eigenvalue weighted by atomic mass is 16.5. The lowest BCUT2D eigenvalue weighted by Crippen LogP contribution is -2.48. The van der Waals surface area contributed by atoms with Gasteiger partial charge in [-0.1, -0.05) is 163 Å². The summed E-state index contributed by atoms with van der Waals surface area (Å²) in [6, 6.07) is 0. The van der Waals surface area contributed by atoms with Gasteiger partial charge in [0.2, 0.25) is 0 Å². The van der Waals surface area contributed by atoms with E-state index in [1.54, 1.807) is 0 Å². The topological polar surface area (TPSA) is 46.5 Å². The van der Waals surface area contributed by atoms with Crippen LogP contribution in [0, 0.1) is 10.8 Å². The molecule has 1 atom stereocenters. The van der Waals surface area contributed by atoms with Gasteiger partial charge in [-0.25, -0.2) is 0 Å². The van der Waals surface area contributed by atoms with Gasteiger partial charge in [-0.05, 0) is 35.7 Å². The first kappa shape index (κ1) is 34.9. The summed E-state index contributed by atoms with van der Waals surface area (Å²) in [6.45, 7) is 15.6. The number of unbranched alkanes of at least 4 members (excludes halogenated alkanes) is 15. The average Bonchev–Trinajstić information content (AvgIpc) is 2.84. The molecule has 1 N–H and O–H groups in total. The molecule has 0 aromatic heterocycles. The van der Waals surface area contributed by atoms with Gasteiger partial charge in [0, 0.05) is 6.42 Å². The molecule has 0 spiro atoms. The number of hydrogen-bond donors (Lipinski definition) is 1. The number of ether oxygens (including phenoxy) is 1. The van der Waals surface area contributed by atoms with E-state index in [0.29, 0.717) is 25.9 Å². The lowest BCUT2D eigenvalue weighted by atomic mass is 9.61. The van der Waals surface area contributed by atoms with Gasteiger partial charge in [-0.15, -0.1) is 0 Å². The Kier molecular flexibility index (Phi) is 16.8. The first-order chi connectivity index (χ1) is 17.9. The molecule has 0 aliphatic heterocycles. The molecule has 0 heterocycles. The van der Waals surface area contributed by atoms with Crippen molar-refractivity contribution in [3.63, 3.8) is 0 Å². The molecule has 1 aliphatic carbocycles. The number of esters is 1. The van der Waals surface area contributed by atoms with E-state index in [1.807, 2.05) is 0 Å². The predicted octanol–water partition coefficient (Wildman–Crippen LogP) is 10.7. The van der Waals surface area contributed by atoms with Gasteiger partial charge in [0.25, 0.3) is 0 Å². The Bertz CT molecular complexity index is 704. The molecule has 1 rings (SSSR count). The highest BCUT2D eigenvalue weighted by Gasteiger charge is 2.47. The fourth-order valence-corrected chi connectivity index (χ4v) is 5.63. The zero-order valence-corrected chi connectivity index (χ0v) is 26.6. The Morgan fingerprint density at radius 3 is 1.66 bits per heavy atom. The van der Waals surface area contributed by atoms with Crippen molar-refractivity contribution in [2.24, 2.45) is 10.8 Å². The van der Waals surface area contributed by atoms with Crippen molar-refractivity contribution in [2.45, 2.75) is 176 Å². The Labute approximate surface area is 237 Å². The molecule has 0 saturated heterocycles. The number of allylic oxidation sites excluding steroid dienone is 2. The van der Waals surface area contributed by atoms with Crippen molar-refractivity contribution < 1.29 is 14.6 Å². The van der Waals surface area contributed by atoms with Crippen molar-refractivity contribution >= 4 is 5.97 Å². The van der Waals surface area contributed by atoms with Crippen molar-refractivity contribution in [3.05, 3.63) is 23.3 Å². The molecule has 38 heavy (non-hydrogen) atoms. The van der Waals surface area contributed by atoms with E-state index < -0.39 is 5.60 Å². The molecular formula is C35H64O3. The van der Waals surface area contributed by atoms with E-state index in [0.717, 1.165) is 24.0 Å². The number of carbonyl (C=O) groups excluding carboxylic acids is 1. The van der Waals surface area contributed by atoms with Crippen LogP contribution in [0.5, 0.6) is 0 Å². The molecule has 1 unspecified atom stereocenters. The van der Waals surface area contributed by atoms with Crippen molar-refractivity contribution in [1.82, 2.24) is 0 Å². The third kappa shape index (κ3) is 13.8. The van der Waals surface area contributed by atoms with E-state index in [4.69, 9.17) is 4.74 Å². The molecule has 1 aliphatic rings.